The van der Waals surface area contributed by atoms with Crippen LogP contribution in [0.25, 0.3) is 22.3 Å². The van der Waals surface area contributed by atoms with E-state index in [0.29, 0.717) is 11.8 Å². The highest BCUT2D eigenvalue weighted by atomic mass is 32.2. The number of oxime groups is 1. The number of aliphatic hydroxyl groups excluding tert-OH is 2. The molecule has 210 valence electrons. The topological polar surface area (TPSA) is 216 Å². The highest BCUT2D eigenvalue weighted by molar-refractivity contribution is 8.04. The number of phenols is 1. The number of H-pyrrole nitrogens is 1. The fourth-order valence-electron chi connectivity index (χ4n) is 6.17. The minimum atomic E-state index is -2.09. The molecule has 2 aromatic rings. The molecule has 1 unspecified atom stereocenters. The molecule has 0 saturated heterocycles. The summed E-state index contributed by atoms with van der Waals surface area (Å²) in [5.41, 5.74) is -6.99. The van der Waals surface area contributed by atoms with Crippen molar-refractivity contribution in [3.8, 4) is 16.9 Å². The van der Waals surface area contributed by atoms with Gasteiger partial charge in [0, 0.05) is 21.9 Å². The molecule has 0 amide bonds. The number of aliphatic hydroxyl groups is 2. The van der Waals surface area contributed by atoms with Crippen molar-refractivity contribution in [2.45, 2.75) is 23.2 Å². The summed E-state index contributed by atoms with van der Waals surface area (Å²) in [6.07, 6.45) is 1.04. The predicted octanol–water partition coefficient (Wildman–Crippen LogP) is -0.933. The standard InChI is InChI=1S/C28H17N3O10S/c1-40-13-6-12(32)15-16(20(13)33)22(35)18-17(21(15)34)25(37)28(26(18)38)4-3-10-19(28)23(36)14-11(24(10)42-8-29)5-9(7-30-41-2)31-27(14)39/h5-7,36-38H,3-4H2,1-2H3,(H,31,39)/b30-7+. The molecular weight excluding hydrogens is 570 g/mol. The van der Waals surface area contributed by atoms with Crippen LogP contribution in [0.2, 0.25) is 0 Å². The maximum Gasteiger partial charge on any atom is 0.260 e. The van der Waals surface area contributed by atoms with Crippen molar-refractivity contribution in [1.82, 2.24) is 4.98 Å². The number of nitrogens with zero attached hydrogens (tertiary/aromatic N) is 2. The molecule has 4 aliphatic carbocycles. The Hall–Kier alpha value is -5.42. The van der Waals surface area contributed by atoms with Gasteiger partial charge >= 0.3 is 0 Å². The molecule has 0 radical (unpaired) electrons. The average Bonchev–Trinajstić information content (AvgIpc) is 3.46. The summed E-state index contributed by atoms with van der Waals surface area (Å²) in [6, 6.07) is 2.22. The molecular formula is C28H17N3O10S. The predicted molar refractivity (Wildman–Crippen MR) is 149 cm³/mol. The number of pyridine rings is 1. The second-order valence-corrected chi connectivity index (χ2v) is 10.4. The number of methoxy groups -OCH3 is 1. The lowest BCUT2D eigenvalue weighted by atomic mass is 9.78. The molecule has 14 heteroatoms. The minimum Gasteiger partial charge on any atom is -0.510 e. The average molecular weight is 588 g/mol. The van der Waals surface area contributed by atoms with Crippen molar-refractivity contribution in [3.05, 3.63) is 101 Å². The van der Waals surface area contributed by atoms with Gasteiger partial charge in [0.05, 0.1) is 45.3 Å². The van der Waals surface area contributed by atoms with E-state index < -0.39 is 76.6 Å². The lowest BCUT2D eigenvalue weighted by Gasteiger charge is -2.27. The van der Waals surface area contributed by atoms with Crippen molar-refractivity contribution in [1.29, 1.82) is 5.26 Å². The summed E-state index contributed by atoms with van der Waals surface area (Å²) in [5, 5.41) is 46.8. The van der Waals surface area contributed by atoms with Gasteiger partial charge in [-0.25, -0.2) is 0 Å². The van der Waals surface area contributed by atoms with Gasteiger partial charge in [0.15, 0.2) is 11.2 Å². The van der Waals surface area contributed by atoms with E-state index in [2.05, 4.69) is 15.0 Å². The van der Waals surface area contributed by atoms with Gasteiger partial charge in [-0.05, 0) is 36.2 Å². The van der Waals surface area contributed by atoms with Crippen LogP contribution in [0.15, 0.2) is 46.2 Å². The van der Waals surface area contributed by atoms with Gasteiger partial charge in [-0.15, -0.1) is 0 Å². The highest BCUT2D eigenvalue weighted by Gasteiger charge is 2.54. The number of benzene rings is 1. The van der Waals surface area contributed by atoms with Crippen LogP contribution >= 0.6 is 11.8 Å². The van der Waals surface area contributed by atoms with Crippen LogP contribution in [-0.4, -0.2) is 40.7 Å². The summed E-state index contributed by atoms with van der Waals surface area (Å²) in [5.74, 6) is -2.81. The minimum absolute atomic E-state index is 0.0224. The van der Waals surface area contributed by atoms with Gasteiger partial charge in [0.2, 0.25) is 16.3 Å². The van der Waals surface area contributed by atoms with Crippen LogP contribution in [0.5, 0.6) is 11.5 Å². The van der Waals surface area contributed by atoms with Gasteiger partial charge in [0.1, 0.15) is 35.2 Å². The number of ether oxygens (including phenoxy) is 1. The number of fused-ring (bicyclic) bond motifs is 4. The fraction of sp³-hybridized carbons (Fsp3) is 0.179. The first-order valence-electron chi connectivity index (χ1n) is 12.2. The molecule has 1 atom stereocenters. The number of nitriles is 1. The van der Waals surface area contributed by atoms with Crippen LogP contribution < -0.4 is 42.4 Å². The molecule has 1 aromatic carbocycles. The SMILES string of the molecule is CO/N=C/c1cc2c(SC#N)c3c(c(O)c2c(=O)[nH]1)C1(CC3)C(O)=c2c(=O)c3c(=O)cc(OC)c(=O)c=3c(=O)c2=C1O. The number of aromatic hydroxyl groups is 1. The largest absolute Gasteiger partial charge is 0.510 e. The van der Waals surface area contributed by atoms with Crippen LogP contribution in [0.4, 0.5) is 0 Å². The normalized spacial score (nSPS) is 17.4. The Kier molecular flexibility index (Phi) is 5.77. The van der Waals surface area contributed by atoms with Gasteiger partial charge < -0.3 is 29.9 Å². The maximum atomic E-state index is 13.6. The van der Waals surface area contributed by atoms with E-state index in [4.69, 9.17) is 4.74 Å². The molecule has 4 aliphatic rings. The van der Waals surface area contributed by atoms with E-state index >= 15 is 0 Å². The maximum absolute atomic E-state index is 13.6. The first kappa shape index (κ1) is 26.8. The van der Waals surface area contributed by atoms with E-state index in [-0.39, 0.29) is 45.3 Å². The summed E-state index contributed by atoms with van der Waals surface area (Å²) in [7, 11) is 2.40. The molecule has 0 aliphatic heterocycles. The van der Waals surface area contributed by atoms with E-state index in [9.17, 15) is 44.6 Å². The monoisotopic (exact) mass is 587 g/mol. The molecule has 42 heavy (non-hydrogen) atoms. The molecule has 6 rings (SSSR count). The number of phenolic OH excluding ortho intramolecular Hbond substituents is 1. The first-order chi connectivity index (χ1) is 20.0. The quantitative estimate of drug-likeness (QED) is 0.0985. The Labute approximate surface area is 235 Å². The van der Waals surface area contributed by atoms with Crippen molar-refractivity contribution < 1.29 is 24.9 Å². The number of thioether (sulfide) groups is 1. The van der Waals surface area contributed by atoms with Crippen LogP contribution in [-0.2, 0) is 16.7 Å². The number of nitrogens with one attached hydrogen (secondary N) is 1. The Morgan fingerprint density at radius 3 is 2.29 bits per heavy atom. The Bertz CT molecular complexity index is 2470. The third-order valence-electron chi connectivity index (χ3n) is 7.84. The lowest BCUT2D eigenvalue weighted by Crippen LogP contribution is -2.51. The molecule has 0 fully saturated rings. The molecule has 1 aromatic heterocycles. The zero-order valence-corrected chi connectivity index (χ0v) is 22.5. The van der Waals surface area contributed by atoms with E-state index in [1.54, 1.807) is 0 Å². The molecule has 13 nitrogen and oxygen atoms in total. The lowest BCUT2D eigenvalue weighted by molar-refractivity contribution is 0.215. The molecule has 0 saturated carbocycles. The zero-order chi connectivity index (χ0) is 30.2. The Morgan fingerprint density at radius 1 is 1.00 bits per heavy atom. The molecule has 1 heterocycles. The summed E-state index contributed by atoms with van der Waals surface area (Å²) < 4.78 is 4.88. The van der Waals surface area contributed by atoms with Crippen LogP contribution in [0.3, 0.4) is 0 Å². The number of aromatic nitrogens is 1. The third-order valence-corrected chi connectivity index (χ3v) is 8.60. The van der Waals surface area contributed by atoms with Gasteiger partial charge in [0.25, 0.3) is 5.56 Å². The van der Waals surface area contributed by atoms with Gasteiger partial charge in [-0.3, -0.25) is 24.0 Å². The van der Waals surface area contributed by atoms with Gasteiger partial charge in [-0.2, -0.15) is 5.26 Å². The zero-order valence-electron chi connectivity index (χ0n) is 21.6. The number of aromatic amines is 1. The van der Waals surface area contributed by atoms with E-state index in [1.807, 2.05) is 5.40 Å². The van der Waals surface area contributed by atoms with Crippen molar-refractivity contribution in [3.63, 3.8) is 0 Å². The van der Waals surface area contributed by atoms with Crippen LogP contribution in [0.1, 0.15) is 23.2 Å². The van der Waals surface area contributed by atoms with Crippen molar-refractivity contribution >= 4 is 40.3 Å². The Morgan fingerprint density at radius 2 is 1.67 bits per heavy atom. The van der Waals surface area contributed by atoms with E-state index in [1.165, 1.54) is 19.4 Å². The highest BCUT2D eigenvalue weighted by Crippen LogP contribution is 2.56. The molecule has 1 spiro atoms. The van der Waals surface area contributed by atoms with E-state index in [0.717, 1.165) is 13.2 Å². The van der Waals surface area contributed by atoms with Crippen molar-refractivity contribution in [2.24, 2.45) is 5.16 Å². The molecule has 0 bridgehead atoms. The van der Waals surface area contributed by atoms with Crippen molar-refractivity contribution in [2.75, 3.05) is 14.2 Å². The van der Waals surface area contributed by atoms with Crippen LogP contribution in [0, 0.1) is 21.1 Å². The van der Waals surface area contributed by atoms with Gasteiger partial charge in [-0.1, -0.05) is 5.16 Å². The summed E-state index contributed by atoms with van der Waals surface area (Å²) in [6.45, 7) is 0. The fourth-order valence-corrected chi connectivity index (χ4v) is 6.86. The smallest absolute Gasteiger partial charge is 0.260 e. The third kappa shape index (κ3) is 3.13. The summed E-state index contributed by atoms with van der Waals surface area (Å²) >= 11 is 0.669. The number of hydrogen-bond donors (Lipinski definition) is 4. The Balaban J connectivity index is 1.82. The molecule has 4 N–H and O–H groups in total. The number of thiocyanates is 1. The second-order valence-electron chi connectivity index (χ2n) is 9.65. The number of rotatable bonds is 4. The second kappa shape index (κ2) is 9.05. The summed E-state index contributed by atoms with van der Waals surface area (Å²) in [4.78, 5) is 73.5. The number of hydrogen-bond acceptors (Lipinski definition) is 13. The first-order valence-corrected chi connectivity index (χ1v) is 13.0.